The van der Waals surface area contributed by atoms with Gasteiger partial charge in [0.1, 0.15) is 12.6 Å². The SMILES string of the molecule is CC1=C(C=O)[C@@H]([C@@H](C)C=O)CC1. The summed E-state index contributed by atoms with van der Waals surface area (Å²) in [4.78, 5) is 21.2. The molecule has 0 radical (unpaired) electrons. The second-order valence-corrected chi connectivity index (χ2v) is 3.49. The van der Waals surface area contributed by atoms with Gasteiger partial charge in [0.15, 0.2) is 0 Å². The van der Waals surface area contributed by atoms with Crippen LogP contribution in [0.5, 0.6) is 0 Å². The van der Waals surface area contributed by atoms with E-state index in [9.17, 15) is 9.59 Å². The zero-order valence-corrected chi connectivity index (χ0v) is 7.54. The standard InChI is InChI=1S/C10H14O2/c1-7-3-4-9(8(2)5-11)10(7)6-12/h5-6,8-9H,3-4H2,1-2H3/t8-,9+/m0/s1. The summed E-state index contributed by atoms with van der Waals surface area (Å²) >= 11 is 0. The minimum atomic E-state index is -0.0114. The third kappa shape index (κ3) is 1.47. The van der Waals surface area contributed by atoms with Crippen molar-refractivity contribution in [2.75, 3.05) is 0 Å². The molecule has 0 aliphatic heterocycles. The molecule has 0 N–H and O–H groups in total. The number of carbonyl (C=O) groups is 2. The van der Waals surface area contributed by atoms with Crippen molar-refractivity contribution in [2.45, 2.75) is 26.7 Å². The highest BCUT2D eigenvalue weighted by molar-refractivity contribution is 5.77. The van der Waals surface area contributed by atoms with Crippen LogP contribution in [0.1, 0.15) is 26.7 Å². The number of aldehydes is 2. The summed E-state index contributed by atoms with van der Waals surface area (Å²) in [5.41, 5.74) is 2.01. The first-order chi connectivity index (χ1) is 5.70. The van der Waals surface area contributed by atoms with E-state index in [4.69, 9.17) is 0 Å². The molecule has 66 valence electrons. The molecule has 2 heteroatoms. The Kier molecular flexibility index (Phi) is 2.79. The van der Waals surface area contributed by atoms with E-state index < -0.39 is 0 Å². The molecule has 0 spiro atoms. The minimum absolute atomic E-state index is 0.0114. The molecule has 2 nitrogen and oxygen atoms in total. The summed E-state index contributed by atoms with van der Waals surface area (Å²) in [6.45, 7) is 3.85. The number of hydrogen-bond donors (Lipinski definition) is 0. The summed E-state index contributed by atoms with van der Waals surface area (Å²) in [5, 5.41) is 0. The van der Waals surface area contributed by atoms with Crippen LogP contribution in [0.15, 0.2) is 11.1 Å². The average molecular weight is 166 g/mol. The molecule has 12 heavy (non-hydrogen) atoms. The normalized spacial score (nSPS) is 25.7. The lowest BCUT2D eigenvalue weighted by atomic mass is 9.89. The van der Waals surface area contributed by atoms with E-state index >= 15 is 0 Å². The number of carbonyl (C=O) groups excluding carboxylic acids is 2. The van der Waals surface area contributed by atoms with Gasteiger partial charge in [-0.05, 0) is 31.3 Å². The molecule has 0 aromatic rings. The molecule has 0 saturated heterocycles. The summed E-state index contributed by atoms with van der Waals surface area (Å²) in [7, 11) is 0. The number of allylic oxidation sites excluding steroid dienone is 2. The Hall–Kier alpha value is -0.920. The molecule has 1 aliphatic carbocycles. The van der Waals surface area contributed by atoms with Gasteiger partial charge in [-0.1, -0.05) is 12.5 Å². The van der Waals surface area contributed by atoms with Gasteiger partial charge in [-0.25, -0.2) is 0 Å². The van der Waals surface area contributed by atoms with Gasteiger partial charge in [0, 0.05) is 5.92 Å². The molecule has 0 amide bonds. The highest BCUT2D eigenvalue weighted by Gasteiger charge is 2.27. The smallest absolute Gasteiger partial charge is 0.146 e. The molecular weight excluding hydrogens is 152 g/mol. The second kappa shape index (κ2) is 3.65. The first kappa shape index (κ1) is 9.17. The average Bonchev–Trinajstić information content (AvgIpc) is 2.45. The van der Waals surface area contributed by atoms with Crippen LogP contribution in [0.25, 0.3) is 0 Å². The maximum Gasteiger partial charge on any atom is 0.146 e. The molecule has 2 atom stereocenters. The molecule has 1 aliphatic rings. The summed E-state index contributed by atoms with van der Waals surface area (Å²) < 4.78 is 0. The predicted molar refractivity (Wildman–Crippen MR) is 46.7 cm³/mol. The van der Waals surface area contributed by atoms with Gasteiger partial charge >= 0.3 is 0 Å². The molecule has 0 bridgehead atoms. The Morgan fingerprint density at radius 2 is 2.17 bits per heavy atom. The van der Waals surface area contributed by atoms with E-state index in [0.29, 0.717) is 0 Å². The van der Waals surface area contributed by atoms with Crippen LogP contribution in [-0.4, -0.2) is 12.6 Å². The highest BCUT2D eigenvalue weighted by Crippen LogP contribution is 2.34. The van der Waals surface area contributed by atoms with Gasteiger partial charge in [-0.3, -0.25) is 4.79 Å². The Morgan fingerprint density at radius 1 is 1.50 bits per heavy atom. The number of hydrogen-bond acceptors (Lipinski definition) is 2. The highest BCUT2D eigenvalue weighted by atomic mass is 16.1. The Labute approximate surface area is 72.7 Å². The van der Waals surface area contributed by atoms with Crippen LogP contribution in [0.3, 0.4) is 0 Å². The first-order valence-electron chi connectivity index (χ1n) is 4.30. The van der Waals surface area contributed by atoms with Crippen LogP contribution in [0, 0.1) is 11.8 Å². The zero-order valence-electron chi connectivity index (χ0n) is 7.54. The largest absolute Gasteiger partial charge is 0.303 e. The first-order valence-corrected chi connectivity index (χ1v) is 4.30. The monoisotopic (exact) mass is 166 g/mol. The van der Waals surface area contributed by atoms with Crippen LogP contribution < -0.4 is 0 Å². The van der Waals surface area contributed by atoms with Crippen molar-refractivity contribution in [2.24, 2.45) is 11.8 Å². The van der Waals surface area contributed by atoms with Gasteiger partial charge in [0.05, 0.1) is 0 Å². The van der Waals surface area contributed by atoms with Crippen molar-refractivity contribution in [1.29, 1.82) is 0 Å². The zero-order chi connectivity index (χ0) is 9.14. The lowest BCUT2D eigenvalue weighted by molar-refractivity contribution is -0.111. The fourth-order valence-electron chi connectivity index (χ4n) is 1.82. The Morgan fingerprint density at radius 3 is 2.67 bits per heavy atom. The molecule has 1 rings (SSSR count). The van der Waals surface area contributed by atoms with Crippen LogP contribution in [0.4, 0.5) is 0 Å². The van der Waals surface area contributed by atoms with Gasteiger partial charge in [-0.2, -0.15) is 0 Å². The molecular formula is C10H14O2. The molecule has 0 aromatic carbocycles. The summed E-state index contributed by atoms with van der Waals surface area (Å²) in [5.74, 6) is 0.169. The van der Waals surface area contributed by atoms with Crippen molar-refractivity contribution in [3.63, 3.8) is 0 Å². The van der Waals surface area contributed by atoms with Crippen molar-refractivity contribution < 1.29 is 9.59 Å². The quantitative estimate of drug-likeness (QED) is 0.598. The maximum atomic E-state index is 10.7. The van der Waals surface area contributed by atoms with Gasteiger partial charge < -0.3 is 4.79 Å². The lowest BCUT2D eigenvalue weighted by Crippen LogP contribution is -2.13. The fourth-order valence-corrected chi connectivity index (χ4v) is 1.82. The van der Waals surface area contributed by atoms with Crippen molar-refractivity contribution in [3.05, 3.63) is 11.1 Å². The number of rotatable bonds is 3. The maximum absolute atomic E-state index is 10.7. The van der Waals surface area contributed by atoms with Crippen molar-refractivity contribution in [3.8, 4) is 0 Å². The van der Waals surface area contributed by atoms with Crippen molar-refractivity contribution in [1.82, 2.24) is 0 Å². The summed E-state index contributed by atoms with van der Waals surface area (Å²) in [6, 6.07) is 0. The molecule has 0 unspecified atom stereocenters. The lowest BCUT2D eigenvalue weighted by Gasteiger charge is -2.13. The molecule has 0 aromatic heterocycles. The van der Waals surface area contributed by atoms with E-state index in [1.165, 1.54) is 0 Å². The molecule has 0 heterocycles. The van der Waals surface area contributed by atoms with E-state index in [1.54, 1.807) is 0 Å². The second-order valence-electron chi connectivity index (χ2n) is 3.49. The summed E-state index contributed by atoms with van der Waals surface area (Å²) in [6.07, 6.45) is 3.77. The third-order valence-electron chi connectivity index (χ3n) is 2.70. The minimum Gasteiger partial charge on any atom is -0.303 e. The molecule has 0 saturated carbocycles. The Bertz CT molecular complexity index is 228. The van der Waals surface area contributed by atoms with Crippen molar-refractivity contribution >= 4 is 12.6 Å². The topological polar surface area (TPSA) is 34.1 Å². The van der Waals surface area contributed by atoms with Crippen LogP contribution in [-0.2, 0) is 9.59 Å². The molecule has 0 fully saturated rings. The van der Waals surface area contributed by atoms with Gasteiger partial charge in [0.2, 0.25) is 0 Å². The van der Waals surface area contributed by atoms with Crippen LogP contribution >= 0.6 is 0 Å². The Balaban J connectivity index is 2.82. The fraction of sp³-hybridized carbons (Fsp3) is 0.600. The van der Waals surface area contributed by atoms with Gasteiger partial charge in [0.25, 0.3) is 0 Å². The predicted octanol–water partition coefficient (Wildman–Crippen LogP) is 1.75. The van der Waals surface area contributed by atoms with E-state index in [0.717, 1.165) is 36.6 Å². The van der Waals surface area contributed by atoms with E-state index in [-0.39, 0.29) is 11.8 Å². The van der Waals surface area contributed by atoms with Crippen LogP contribution in [0.2, 0.25) is 0 Å². The van der Waals surface area contributed by atoms with E-state index in [1.807, 2.05) is 13.8 Å². The van der Waals surface area contributed by atoms with Gasteiger partial charge in [-0.15, -0.1) is 0 Å². The third-order valence-corrected chi connectivity index (χ3v) is 2.70. The van der Waals surface area contributed by atoms with E-state index in [2.05, 4.69) is 0 Å².